The van der Waals surface area contributed by atoms with Gasteiger partial charge in [-0.05, 0) is 55.4 Å². The molecule has 2 atom stereocenters. The first kappa shape index (κ1) is 16.1. The van der Waals surface area contributed by atoms with E-state index >= 15 is 0 Å². The molecule has 122 valence electrons. The number of fused-ring (bicyclic) bond motifs is 1. The second-order valence-corrected chi connectivity index (χ2v) is 7.34. The topological polar surface area (TPSA) is 38.3 Å². The summed E-state index contributed by atoms with van der Waals surface area (Å²) in [5.41, 5.74) is 3.19. The lowest BCUT2D eigenvalue weighted by Gasteiger charge is -2.20. The number of benzene rings is 1. The van der Waals surface area contributed by atoms with Crippen molar-refractivity contribution < 1.29 is 9.53 Å². The highest BCUT2D eigenvalue weighted by molar-refractivity contribution is 7.10. The molecule has 0 saturated carbocycles. The van der Waals surface area contributed by atoms with Crippen molar-refractivity contribution in [3.8, 4) is 5.75 Å². The van der Waals surface area contributed by atoms with Crippen LogP contribution < -0.4 is 10.1 Å². The Kier molecular flexibility index (Phi) is 4.71. The van der Waals surface area contributed by atoms with Crippen molar-refractivity contribution in [2.75, 3.05) is 7.11 Å². The Labute approximate surface area is 141 Å². The zero-order chi connectivity index (χ0) is 16.4. The molecular weight excluding hydrogens is 306 g/mol. The van der Waals surface area contributed by atoms with Crippen molar-refractivity contribution in [1.82, 2.24) is 5.32 Å². The lowest BCUT2D eigenvalue weighted by molar-refractivity contribution is 0.0939. The highest BCUT2D eigenvalue weighted by Gasteiger charge is 2.24. The quantitative estimate of drug-likeness (QED) is 0.904. The van der Waals surface area contributed by atoms with E-state index in [-0.39, 0.29) is 11.9 Å². The van der Waals surface area contributed by atoms with Crippen molar-refractivity contribution in [3.63, 3.8) is 0 Å². The minimum atomic E-state index is -0.0457. The number of hydrogen-bond acceptors (Lipinski definition) is 3. The van der Waals surface area contributed by atoms with E-state index in [1.807, 2.05) is 36.6 Å². The summed E-state index contributed by atoms with van der Waals surface area (Å²) in [6.45, 7) is 4.29. The number of hydrogen-bond donors (Lipinski definition) is 1. The minimum absolute atomic E-state index is 0.0346. The summed E-state index contributed by atoms with van der Waals surface area (Å²) in [5, 5.41) is 5.15. The first-order valence-corrected chi connectivity index (χ1v) is 9.00. The van der Waals surface area contributed by atoms with E-state index in [2.05, 4.69) is 12.2 Å². The van der Waals surface area contributed by atoms with Crippen molar-refractivity contribution in [3.05, 3.63) is 51.2 Å². The molecule has 1 aliphatic carbocycles. The summed E-state index contributed by atoms with van der Waals surface area (Å²) in [6.07, 6.45) is 3.31. The van der Waals surface area contributed by atoms with Gasteiger partial charge in [-0.25, -0.2) is 0 Å². The van der Waals surface area contributed by atoms with Crippen LogP contribution in [0.3, 0.4) is 0 Å². The molecule has 0 radical (unpaired) electrons. The Bertz CT molecular complexity index is 707. The Morgan fingerprint density at radius 1 is 1.43 bits per heavy atom. The van der Waals surface area contributed by atoms with Crippen LogP contribution in [0.4, 0.5) is 0 Å². The normalized spacial score (nSPS) is 18.1. The summed E-state index contributed by atoms with van der Waals surface area (Å²) >= 11 is 1.73. The zero-order valence-corrected chi connectivity index (χ0v) is 14.7. The predicted octanol–water partition coefficient (Wildman–Crippen LogP) is 4.37. The van der Waals surface area contributed by atoms with Gasteiger partial charge in [-0.3, -0.25) is 4.79 Å². The standard InChI is InChI=1S/C19H23NO2S/c1-12-7-8-16-17(11-23-18(16)9-12)19(21)20-13(2)14-5-4-6-15(10-14)22-3/h4-6,10-13H,7-9H2,1-3H3,(H,20,21)/t12-,13-/m0/s1. The molecule has 2 aromatic rings. The molecule has 23 heavy (non-hydrogen) atoms. The number of nitrogens with one attached hydrogen (secondary N) is 1. The van der Waals surface area contributed by atoms with E-state index in [9.17, 15) is 4.79 Å². The van der Waals surface area contributed by atoms with Gasteiger partial charge < -0.3 is 10.1 Å². The summed E-state index contributed by atoms with van der Waals surface area (Å²) in [4.78, 5) is 14.1. The van der Waals surface area contributed by atoms with Gasteiger partial charge in [-0.2, -0.15) is 0 Å². The van der Waals surface area contributed by atoms with E-state index in [0.717, 1.165) is 35.6 Å². The summed E-state index contributed by atoms with van der Waals surface area (Å²) in [5.74, 6) is 1.57. The maximum Gasteiger partial charge on any atom is 0.252 e. The van der Waals surface area contributed by atoms with Gasteiger partial charge in [0.2, 0.25) is 0 Å². The molecule has 0 bridgehead atoms. The number of thiophene rings is 1. The first-order valence-electron chi connectivity index (χ1n) is 8.12. The molecule has 0 spiro atoms. The van der Waals surface area contributed by atoms with Crippen LogP contribution >= 0.6 is 11.3 Å². The minimum Gasteiger partial charge on any atom is -0.497 e. The zero-order valence-electron chi connectivity index (χ0n) is 13.9. The van der Waals surface area contributed by atoms with Gasteiger partial charge in [0.05, 0.1) is 18.7 Å². The molecule has 3 rings (SSSR count). The molecular formula is C19H23NO2S. The van der Waals surface area contributed by atoms with Crippen molar-refractivity contribution in [2.24, 2.45) is 5.92 Å². The van der Waals surface area contributed by atoms with Gasteiger partial charge in [0.15, 0.2) is 0 Å². The lowest BCUT2D eigenvalue weighted by atomic mass is 9.88. The fourth-order valence-electron chi connectivity index (χ4n) is 3.14. The van der Waals surface area contributed by atoms with E-state index in [0.29, 0.717) is 0 Å². The number of amides is 1. The van der Waals surface area contributed by atoms with Crippen LogP contribution in [0.5, 0.6) is 5.75 Å². The monoisotopic (exact) mass is 329 g/mol. The Morgan fingerprint density at radius 2 is 2.26 bits per heavy atom. The summed E-state index contributed by atoms with van der Waals surface area (Å²) < 4.78 is 5.26. The maximum atomic E-state index is 12.7. The largest absolute Gasteiger partial charge is 0.497 e. The second kappa shape index (κ2) is 6.75. The average molecular weight is 329 g/mol. The molecule has 1 N–H and O–H groups in total. The molecule has 0 fully saturated rings. The number of carbonyl (C=O) groups excluding carboxylic acids is 1. The van der Waals surface area contributed by atoms with Gasteiger partial charge in [0, 0.05) is 10.3 Å². The van der Waals surface area contributed by atoms with Crippen LogP contribution in [-0.4, -0.2) is 13.0 Å². The number of rotatable bonds is 4. The third kappa shape index (κ3) is 3.42. The molecule has 0 saturated heterocycles. The van der Waals surface area contributed by atoms with E-state index in [1.54, 1.807) is 18.4 Å². The fraction of sp³-hybridized carbons (Fsp3) is 0.421. The lowest BCUT2D eigenvalue weighted by Crippen LogP contribution is -2.27. The van der Waals surface area contributed by atoms with Crippen molar-refractivity contribution in [1.29, 1.82) is 0 Å². The highest BCUT2D eigenvalue weighted by Crippen LogP contribution is 2.33. The Balaban J connectivity index is 1.74. The van der Waals surface area contributed by atoms with Gasteiger partial charge >= 0.3 is 0 Å². The SMILES string of the molecule is COc1cccc([C@H](C)NC(=O)c2csc3c2CC[C@H](C)C3)c1. The third-order valence-corrected chi connectivity index (χ3v) is 5.64. The first-order chi connectivity index (χ1) is 11.1. The number of methoxy groups -OCH3 is 1. The molecule has 3 nitrogen and oxygen atoms in total. The Morgan fingerprint density at radius 3 is 3.04 bits per heavy atom. The van der Waals surface area contributed by atoms with Crippen LogP contribution in [0.2, 0.25) is 0 Å². The molecule has 1 aromatic carbocycles. The van der Waals surface area contributed by atoms with Crippen LogP contribution in [0.1, 0.15) is 52.7 Å². The third-order valence-electron chi connectivity index (χ3n) is 4.59. The van der Waals surface area contributed by atoms with Crippen molar-refractivity contribution in [2.45, 2.75) is 39.2 Å². The van der Waals surface area contributed by atoms with Crippen LogP contribution in [-0.2, 0) is 12.8 Å². The van der Waals surface area contributed by atoms with E-state index in [1.165, 1.54) is 16.9 Å². The van der Waals surface area contributed by atoms with Crippen LogP contribution in [0, 0.1) is 5.92 Å². The molecule has 4 heteroatoms. The molecule has 0 unspecified atom stereocenters. The molecule has 0 aliphatic heterocycles. The van der Waals surface area contributed by atoms with Crippen molar-refractivity contribution >= 4 is 17.2 Å². The maximum absolute atomic E-state index is 12.7. The van der Waals surface area contributed by atoms with Gasteiger partial charge in [-0.1, -0.05) is 19.1 Å². The number of ether oxygens (including phenoxy) is 1. The second-order valence-electron chi connectivity index (χ2n) is 6.37. The summed E-state index contributed by atoms with van der Waals surface area (Å²) in [6, 6.07) is 7.79. The predicted molar refractivity (Wildman–Crippen MR) is 94.4 cm³/mol. The van der Waals surface area contributed by atoms with Gasteiger partial charge in [-0.15, -0.1) is 11.3 Å². The average Bonchev–Trinajstić information content (AvgIpc) is 2.97. The van der Waals surface area contributed by atoms with E-state index in [4.69, 9.17) is 4.74 Å². The summed E-state index contributed by atoms with van der Waals surface area (Å²) in [7, 11) is 1.65. The number of carbonyl (C=O) groups is 1. The molecule has 1 aliphatic rings. The Hall–Kier alpha value is -1.81. The molecule has 1 heterocycles. The molecule has 1 aromatic heterocycles. The fourth-order valence-corrected chi connectivity index (χ4v) is 4.38. The highest BCUT2D eigenvalue weighted by atomic mass is 32.1. The van der Waals surface area contributed by atoms with E-state index < -0.39 is 0 Å². The van der Waals surface area contributed by atoms with Crippen LogP contribution in [0.15, 0.2) is 29.6 Å². The van der Waals surface area contributed by atoms with Crippen LogP contribution in [0.25, 0.3) is 0 Å². The smallest absolute Gasteiger partial charge is 0.252 e. The molecule has 1 amide bonds. The van der Waals surface area contributed by atoms with Gasteiger partial charge in [0.1, 0.15) is 5.75 Å². The van der Waals surface area contributed by atoms with Gasteiger partial charge in [0.25, 0.3) is 5.91 Å².